The molecule has 1 atom stereocenters. The van der Waals surface area contributed by atoms with Gasteiger partial charge in [0.15, 0.2) is 0 Å². The summed E-state index contributed by atoms with van der Waals surface area (Å²) in [4.78, 5) is 2.31. The number of benzene rings is 2. The number of hydrogen-bond donors (Lipinski definition) is 0. The molecule has 2 aromatic rings. The van der Waals surface area contributed by atoms with Gasteiger partial charge in [-0.15, -0.1) is 12.4 Å². The summed E-state index contributed by atoms with van der Waals surface area (Å²) in [6.45, 7) is 0. The summed E-state index contributed by atoms with van der Waals surface area (Å²) in [7, 11) is 2.13. The quantitative estimate of drug-likeness (QED) is 0.654. The molecule has 0 saturated heterocycles. The second-order valence-electron chi connectivity index (χ2n) is 5.32. The molecule has 1 nitrogen and oxygen atoms in total. The van der Waals surface area contributed by atoms with Crippen LogP contribution in [0.5, 0.6) is 0 Å². The highest BCUT2D eigenvalue weighted by atomic mass is 35.5. The molecular weight excluding hydrogens is 325 g/mol. The van der Waals surface area contributed by atoms with Crippen molar-refractivity contribution in [1.82, 2.24) is 0 Å². The molecule has 112 valence electrons. The zero-order valence-electron chi connectivity index (χ0n) is 11.9. The molecule has 3 rings (SSSR count). The van der Waals surface area contributed by atoms with Gasteiger partial charge >= 0.3 is 0 Å². The summed E-state index contributed by atoms with van der Waals surface area (Å²) in [6.07, 6.45) is 3.59. The molecule has 0 fully saturated rings. The molecule has 0 heterocycles. The molecule has 4 heteroatoms. The van der Waals surface area contributed by atoms with E-state index in [0.717, 1.165) is 5.69 Å². The van der Waals surface area contributed by atoms with E-state index in [0.29, 0.717) is 16.1 Å². The molecule has 21 heavy (non-hydrogen) atoms. The van der Waals surface area contributed by atoms with Crippen LogP contribution in [-0.4, -0.2) is 7.05 Å². The van der Waals surface area contributed by atoms with Crippen molar-refractivity contribution in [2.45, 2.75) is 25.3 Å². The van der Waals surface area contributed by atoms with Crippen molar-refractivity contribution in [2.24, 2.45) is 0 Å². The van der Waals surface area contributed by atoms with E-state index >= 15 is 0 Å². The number of nitrogens with zero attached hydrogens (tertiary/aromatic N) is 1. The van der Waals surface area contributed by atoms with E-state index in [1.165, 1.54) is 30.4 Å². The summed E-state index contributed by atoms with van der Waals surface area (Å²) in [5, 5.41) is 1.22. The molecule has 1 aliphatic rings. The fraction of sp³-hybridized carbons (Fsp3) is 0.294. The molecule has 0 radical (unpaired) electrons. The van der Waals surface area contributed by atoms with Gasteiger partial charge in [0.25, 0.3) is 0 Å². The molecule has 0 aromatic heterocycles. The standard InChI is InChI=1S/C17H17Cl2N.ClH/c1-20(13-9-10-15(18)16(19)11-13)17-8-4-6-12-5-2-3-7-14(12)17;/h2-3,5,7,9-11,17H,4,6,8H2,1H3;1H. The Morgan fingerprint density at radius 2 is 1.81 bits per heavy atom. The lowest BCUT2D eigenvalue weighted by molar-refractivity contribution is 0.545. The van der Waals surface area contributed by atoms with Gasteiger partial charge in [-0.25, -0.2) is 0 Å². The molecule has 0 spiro atoms. The summed E-state index contributed by atoms with van der Waals surface area (Å²) in [6, 6.07) is 15.0. The van der Waals surface area contributed by atoms with Crippen molar-refractivity contribution in [3.8, 4) is 0 Å². The first-order valence-electron chi connectivity index (χ1n) is 6.92. The molecule has 0 amide bonds. The van der Waals surface area contributed by atoms with Crippen LogP contribution in [0.25, 0.3) is 0 Å². The van der Waals surface area contributed by atoms with Crippen LogP contribution in [0.2, 0.25) is 10.0 Å². The molecule has 1 unspecified atom stereocenters. The Labute approximate surface area is 142 Å². The van der Waals surface area contributed by atoms with Gasteiger partial charge in [-0.2, -0.15) is 0 Å². The third-order valence-electron chi connectivity index (χ3n) is 4.12. The van der Waals surface area contributed by atoms with E-state index < -0.39 is 0 Å². The predicted octanol–water partition coefficient (Wildman–Crippen LogP) is 5.93. The van der Waals surface area contributed by atoms with Crippen molar-refractivity contribution in [3.63, 3.8) is 0 Å². The summed E-state index contributed by atoms with van der Waals surface area (Å²) in [5.41, 5.74) is 4.02. The molecule has 0 bridgehead atoms. The Kier molecular flexibility index (Phi) is 5.43. The van der Waals surface area contributed by atoms with E-state index in [9.17, 15) is 0 Å². The number of aryl methyl sites for hydroxylation is 1. The molecule has 0 N–H and O–H groups in total. The second kappa shape index (κ2) is 6.91. The number of hydrogen-bond acceptors (Lipinski definition) is 1. The van der Waals surface area contributed by atoms with Crippen molar-refractivity contribution >= 4 is 41.3 Å². The maximum Gasteiger partial charge on any atom is 0.0612 e. The Balaban J connectivity index is 0.00000161. The van der Waals surface area contributed by atoms with E-state index in [-0.39, 0.29) is 12.4 Å². The first-order chi connectivity index (χ1) is 9.66. The van der Waals surface area contributed by atoms with Gasteiger partial charge in [-0.3, -0.25) is 0 Å². The topological polar surface area (TPSA) is 3.24 Å². The summed E-state index contributed by atoms with van der Waals surface area (Å²) >= 11 is 12.1. The molecule has 0 aliphatic heterocycles. The van der Waals surface area contributed by atoms with E-state index in [4.69, 9.17) is 23.2 Å². The summed E-state index contributed by atoms with van der Waals surface area (Å²) < 4.78 is 0. The van der Waals surface area contributed by atoms with Crippen molar-refractivity contribution in [1.29, 1.82) is 0 Å². The highest BCUT2D eigenvalue weighted by Gasteiger charge is 2.23. The van der Waals surface area contributed by atoms with Gasteiger partial charge < -0.3 is 4.90 Å². The van der Waals surface area contributed by atoms with Crippen molar-refractivity contribution in [3.05, 3.63) is 63.6 Å². The minimum Gasteiger partial charge on any atom is -0.367 e. The zero-order valence-corrected chi connectivity index (χ0v) is 14.2. The maximum absolute atomic E-state index is 6.14. The number of fused-ring (bicyclic) bond motifs is 1. The van der Waals surface area contributed by atoms with Gasteiger partial charge in [0.05, 0.1) is 16.1 Å². The van der Waals surface area contributed by atoms with Crippen LogP contribution in [0, 0.1) is 0 Å². The Morgan fingerprint density at radius 3 is 2.57 bits per heavy atom. The Bertz CT molecular complexity index is 627. The lowest BCUT2D eigenvalue weighted by Gasteiger charge is -2.35. The van der Waals surface area contributed by atoms with Crippen LogP contribution < -0.4 is 4.90 Å². The van der Waals surface area contributed by atoms with Crippen molar-refractivity contribution in [2.75, 3.05) is 11.9 Å². The first-order valence-corrected chi connectivity index (χ1v) is 7.68. The van der Waals surface area contributed by atoms with Crippen LogP contribution in [-0.2, 0) is 6.42 Å². The zero-order chi connectivity index (χ0) is 14.1. The average Bonchev–Trinajstić information content (AvgIpc) is 2.49. The van der Waals surface area contributed by atoms with E-state index in [1.807, 2.05) is 18.2 Å². The fourth-order valence-corrected chi connectivity index (χ4v) is 3.31. The van der Waals surface area contributed by atoms with E-state index in [1.54, 1.807) is 0 Å². The van der Waals surface area contributed by atoms with Crippen LogP contribution in [0.15, 0.2) is 42.5 Å². The van der Waals surface area contributed by atoms with Gasteiger partial charge in [0.1, 0.15) is 0 Å². The predicted molar refractivity (Wildman–Crippen MR) is 94.2 cm³/mol. The first kappa shape index (κ1) is 16.5. The number of rotatable bonds is 2. The van der Waals surface area contributed by atoms with Crippen LogP contribution in [0.4, 0.5) is 5.69 Å². The monoisotopic (exact) mass is 341 g/mol. The van der Waals surface area contributed by atoms with Crippen LogP contribution in [0.1, 0.15) is 30.0 Å². The fourth-order valence-electron chi connectivity index (χ4n) is 3.01. The largest absolute Gasteiger partial charge is 0.367 e. The third-order valence-corrected chi connectivity index (χ3v) is 4.85. The Morgan fingerprint density at radius 1 is 1.05 bits per heavy atom. The van der Waals surface area contributed by atoms with Gasteiger partial charge in [-0.05, 0) is 48.6 Å². The van der Waals surface area contributed by atoms with Crippen molar-refractivity contribution < 1.29 is 0 Å². The van der Waals surface area contributed by atoms with Gasteiger partial charge in [0, 0.05) is 12.7 Å². The highest BCUT2D eigenvalue weighted by molar-refractivity contribution is 6.42. The average molecular weight is 343 g/mol. The van der Waals surface area contributed by atoms with Gasteiger partial charge in [0.2, 0.25) is 0 Å². The SMILES string of the molecule is CN(c1ccc(Cl)c(Cl)c1)C1CCCc2ccccc21.Cl. The van der Waals surface area contributed by atoms with Gasteiger partial charge in [-0.1, -0.05) is 47.5 Å². The summed E-state index contributed by atoms with van der Waals surface area (Å²) in [5.74, 6) is 0. The minimum atomic E-state index is 0. The highest BCUT2D eigenvalue weighted by Crippen LogP contribution is 2.37. The molecule has 2 aromatic carbocycles. The lowest BCUT2D eigenvalue weighted by Crippen LogP contribution is -2.27. The smallest absolute Gasteiger partial charge is 0.0612 e. The molecule has 0 saturated carbocycles. The maximum atomic E-state index is 6.14. The minimum absolute atomic E-state index is 0. The number of anilines is 1. The normalized spacial score (nSPS) is 16.8. The third kappa shape index (κ3) is 3.31. The van der Waals surface area contributed by atoms with E-state index in [2.05, 4.69) is 36.2 Å². The van der Waals surface area contributed by atoms with Crippen LogP contribution in [0.3, 0.4) is 0 Å². The molecule has 1 aliphatic carbocycles. The molecular formula is C17H18Cl3N. The Hall–Kier alpha value is -0.890. The number of halogens is 3. The second-order valence-corrected chi connectivity index (χ2v) is 6.13. The van der Waals surface area contributed by atoms with Crippen LogP contribution >= 0.6 is 35.6 Å². The lowest BCUT2D eigenvalue weighted by atomic mass is 9.87.